The van der Waals surface area contributed by atoms with Crippen molar-refractivity contribution in [3.8, 4) is 11.4 Å². The van der Waals surface area contributed by atoms with Crippen molar-refractivity contribution in [1.29, 1.82) is 0 Å². The van der Waals surface area contributed by atoms with E-state index in [4.69, 9.17) is 16.1 Å². The third-order valence-corrected chi connectivity index (χ3v) is 4.59. The fourth-order valence-corrected chi connectivity index (χ4v) is 2.88. The zero-order chi connectivity index (χ0) is 21.2. The molecule has 0 aliphatic rings. The molecular formula is C20H30ClIN6O2. The summed E-state index contributed by atoms with van der Waals surface area (Å²) in [5.74, 6) is 1.78. The molecule has 8 nitrogen and oxygen atoms in total. The summed E-state index contributed by atoms with van der Waals surface area (Å²) in [6, 6.07) is 7.27. The van der Waals surface area contributed by atoms with Gasteiger partial charge in [-0.15, -0.1) is 24.0 Å². The molecule has 30 heavy (non-hydrogen) atoms. The first kappa shape index (κ1) is 26.2. The monoisotopic (exact) mass is 548 g/mol. The normalized spacial score (nSPS) is 11.0. The van der Waals surface area contributed by atoms with Crippen molar-refractivity contribution in [2.75, 3.05) is 39.8 Å². The van der Waals surface area contributed by atoms with Crippen LogP contribution in [0.4, 0.5) is 0 Å². The predicted molar refractivity (Wildman–Crippen MR) is 130 cm³/mol. The lowest BCUT2D eigenvalue weighted by Crippen LogP contribution is -2.45. The van der Waals surface area contributed by atoms with E-state index in [9.17, 15) is 4.79 Å². The van der Waals surface area contributed by atoms with E-state index in [0.717, 1.165) is 5.56 Å². The lowest BCUT2D eigenvalue weighted by molar-refractivity contribution is -0.131. The lowest BCUT2D eigenvalue weighted by atomic mass is 10.2. The molecule has 0 saturated carbocycles. The summed E-state index contributed by atoms with van der Waals surface area (Å²) in [5, 5.41) is 7.88. The van der Waals surface area contributed by atoms with Crippen molar-refractivity contribution in [3.05, 3.63) is 35.2 Å². The van der Waals surface area contributed by atoms with Gasteiger partial charge in [-0.25, -0.2) is 0 Å². The minimum absolute atomic E-state index is 0. The molecule has 0 fully saturated rings. The number of carbonyl (C=O) groups excluding carboxylic acids is 1. The topological polar surface area (TPSA) is 86.9 Å². The minimum Gasteiger partial charge on any atom is -0.357 e. The number of amides is 1. The van der Waals surface area contributed by atoms with Crippen LogP contribution in [-0.2, 0) is 11.2 Å². The minimum atomic E-state index is 0. The van der Waals surface area contributed by atoms with Crippen molar-refractivity contribution in [2.45, 2.75) is 27.2 Å². The number of nitrogens with one attached hydrogen (secondary N) is 1. The number of nitrogens with zero attached hydrogens (tertiary/aromatic N) is 5. The van der Waals surface area contributed by atoms with Gasteiger partial charge in [0.25, 0.3) is 0 Å². The summed E-state index contributed by atoms with van der Waals surface area (Å²) in [6.45, 7) is 8.79. The molecule has 2 aromatic rings. The molecule has 1 aromatic heterocycles. The highest BCUT2D eigenvalue weighted by Crippen LogP contribution is 2.18. The number of hydrogen-bond acceptors (Lipinski definition) is 5. The van der Waals surface area contributed by atoms with Gasteiger partial charge >= 0.3 is 0 Å². The second-order valence-electron chi connectivity index (χ2n) is 6.43. The molecule has 0 aliphatic heterocycles. The van der Waals surface area contributed by atoms with E-state index in [0.29, 0.717) is 55.3 Å². The highest BCUT2D eigenvalue weighted by Gasteiger charge is 2.15. The van der Waals surface area contributed by atoms with Crippen LogP contribution in [0.25, 0.3) is 11.4 Å². The fourth-order valence-electron chi connectivity index (χ4n) is 2.75. The van der Waals surface area contributed by atoms with Crippen molar-refractivity contribution in [1.82, 2.24) is 25.3 Å². The third-order valence-electron chi connectivity index (χ3n) is 4.34. The summed E-state index contributed by atoms with van der Waals surface area (Å²) >= 11 is 5.91. The summed E-state index contributed by atoms with van der Waals surface area (Å²) < 4.78 is 5.32. The van der Waals surface area contributed by atoms with E-state index < -0.39 is 0 Å². The standard InChI is InChI=1S/C20H29ClN6O2.HI/c1-5-22-20(26(4)14-18(28)27(6-2)7-3)23-13-12-17-24-19(25-29-17)15-8-10-16(21)11-9-15;/h8-11H,5-7,12-14H2,1-4H3,(H,22,23);1H. The highest BCUT2D eigenvalue weighted by atomic mass is 127. The van der Waals surface area contributed by atoms with Gasteiger partial charge < -0.3 is 19.6 Å². The number of halogens is 2. The van der Waals surface area contributed by atoms with E-state index >= 15 is 0 Å². The van der Waals surface area contributed by atoms with Crippen molar-refractivity contribution in [2.24, 2.45) is 4.99 Å². The van der Waals surface area contributed by atoms with Gasteiger partial charge in [-0.1, -0.05) is 16.8 Å². The SMILES string of the molecule is CCNC(=NCCc1nc(-c2ccc(Cl)cc2)no1)N(C)CC(=O)N(CC)CC.I. The first-order valence-corrected chi connectivity index (χ1v) is 10.2. The first-order valence-electron chi connectivity index (χ1n) is 9.84. The van der Waals surface area contributed by atoms with E-state index in [-0.39, 0.29) is 36.4 Å². The molecule has 1 heterocycles. The summed E-state index contributed by atoms with van der Waals surface area (Å²) in [7, 11) is 1.86. The van der Waals surface area contributed by atoms with Crippen molar-refractivity contribution < 1.29 is 9.32 Å². The number of benzene rings is 1. The van der Waals surface area contributed by atoms with Crippen LogP contribution in [0.3, 0.4) is 0 Å². The van der Waals surface area contributed by atoms with Gasteiger partial charge in [0.2, 0.25) is 17.6 Å². The van der Waals surface area contributed by atoms with Gasteiger partial charge in [0.15, 0.2) is 5.96 Å². The Bertz CT molecular complexity index is 808. The van der Waals surface area contributed by atoms with E-state index in [2.05, 4.69) is 20.4 Å². The Kier molecular flexibility index (Phi) is 11.7. The predicted octanol–water partition coefficient (Wildman–Crippen LogP) is 3.32. The van der Waals surface area contributed by atoms with Crippen LogP contribution in [0.2, 0.25) is 5.02 Å². The molecule has 1 aromatic carbocycles. The average molecular weight is 549 g/mol. The van der Waals surface area contributed by atoms with Crippen LogP contribution >= 0.6 is 35.6 Å². The van der Waals surface area contributed by atoms with E-state index in [1.165, 1.54) is 0 Å². The number of aromatic nitrogens is 2. The summed E-state index contributed by atoms with van der Waals surface area (Å²) in [5.41, 5.74) is 0.843. The number of likely N-dealkylation sites (N-methyl/N-ethyl adjacent to an activating group) is 2. The maximum atomic E-state index is 12.3. The van der Waals surface area contributed by atoms with Gasteiger partial charge in [-0.2, -0.15) is 4.98 Å². The fraction of sp³-hybridized carbons (Fsp3) is 0.500. The van der Waals surface area contributed by atoms with E-state index in [1.807, 2.05) is 44.9 Å². The molecule has 166 valence electrons. The molecule has 0 radical (unpaired) electrons. The second-order valence-corrected chi connectivity index (χ2v) is 6.86. The zero-order valence-corrected chi connectivity index (χ0v) is 21.0. The number of carbonyl (C=O) groups is 1. The third kappa shape index (κ3) is 7.75. The largest absolute Gasteiger partial charge is 0.357 e. The first-order chi connectivity index (χ1) is 14.0. The van der Waals surface area contributed by atoms with Crippen LogP contribution in [0.5, 0.6) is 0 Å². The highest BCUT2D eigenvalue weighted by molar-refractivity contribution is 14.0. The zero-order valence-electron chi connectivity index (χ0n) is 17.9. The van der Waals surface area contributed by atoms with Gasteiger partial charge in [0.05, 0.1) is 13.1 Å². The summed E-state index contributed by atoms with van der Waals surface area (Å²) in [6.07, 6.45) is 0.507. The van der Waals surface area contributed by atoms with Crippen LogP contribution in [0, 0.1) is 0 Å². The maximum absolute atomic E-state index is 12.3. The van der Waals surface area contributed by atoms with Gasteiger partial charge in [-0.05, 0) is 45.0 Å². The van der Waals surface area contributed by atoms with Gasteiger partial charge in [-0.3, -0.25) is 9.79 Å². The Morgan fingerprint density at radius 2 is 1.87 bits per heavy atom. The Morgan fingerprint density at radius 3 is 2.47 bits per heavy atom. The van der Waals surface area contributed by atoms with Crippen molar-refractivity contribution >= 4 is 47.4 Å². The van der Waals surface area contributed by atoms with Crippen LogP contribution in [0.1, 0.15) is 26.7 Å². The van der Waals surface area contributed by atoms with Crippen LogP contribution in [0.15, 0.2) is 33.8 Å². The smallest absolute Gasteiger partial charge is 0.242 e. The molecule has 0 atom stereocenters. The molecule has 10 heteroatoms. The maximum Gasteiger partial charge on any atom is 0.242 e. The molecule has 1 amide bonds. The number of hydrogen-bond donors (Lipinski definition) is 1. The number of guanidine groups is 1. The molecule has 2 rings (SSSR count). The number of rotatable bonds is 9. The molecular weight excluding hydrogens is 519 g/mol. The van der Waals surface area contributed by atoms with Crippen LogP contribution in [-0.4, -0.2) is 71.6 Å². The van der Waals surface area contributed by atoms with Gasteiger partial charge in [0, 0.05) is 43.7 Å². The Hall–Kier alpha value is -1.88. The Balaban J connectivity index is 0.00000450. The molecule has 0 saturated heterocycles. The summed E-state index contributed by atoms with van der Waals surface area (Å²) in [4.78, 5) is 25.0. The lowest BCUT2D eigenvalue weighted by Gasteiger charge is -2.25. The quantitative estimate of drug-likeness (QED) is 0.294. The van der Waals surface area contributed by atoms with Gasteiger partial charge in [0.1, 0.15) is 0 Å². The molecule has 0 aliphatic carbocycles. The Labute approximate surface area is 200 Å². The van der Waals surface area contributed by atoms with Crippen LogP contribution < -0.4 is 5.32 Å². The Morgan fingerprint density at radius 1 is 1.20 bits per heavy atom. The average Bonchev–Trinajstić information content (AvgIpc) is 3.17. The van der Waals surface area contributed by atoms with Crippen molar-refractivity contribution in [3.63, 3.8) is 0 Å². The second kappa shape index (κ2) is 13.4. The van der Waals surface area contributed by atoms with E-state index in [1.54, 1.807) is 17.0 Å². The number of aliphatic imine (C=N–C) groups is 1. The molecule has 1 N–H and O–H groups in total. The molecule has 0 bridgehead atoms. The molecule has 0 spiro atoms. The molecule has 0 unspecified atom stereocenters.